The van der Waals surface area contributed by atoms with E-state index >= 15 is 0 Å². The van der Waals surface area contributed by atoms with Crippen LogP contribution >= 0.6 is 11.6 Å². The smallest absolute Gasteiger partial charge is 0.417 e. The molecule has 2 amide bonds. The molecule has 49 heavy (non-hydrogen) atoms. The number of halogens is 4. The van der Waals surface area contributed by atoms with Gasteiger partial charge in [-0.15, -0.1) is 0 Å². The molecule has 0 saturated heterocycles. The standard InChI is InChI=1S/C18H18ClNO4.C17H16F3NO4/c1-10(21)9-20-17(24)14-15(22)12-8-11(19)4-5-13(12)18(16(14)23)6-2-3-7-18;1-8(22)7-21-15(25)12-13(23)11-9(16(2,3)14(12)24)5-4-6-10(11)17(18,19)20/h4-5,8,22H,2-3,6-7,9H2,1H3,(H,20,24);4-6,23H,7H2,1-3H3,(H,21,25). The zero-order chi connectivity index (χ0) is 36.6. The molecule has 0 aliphatic heterocycles. The number of carbonyl (C=O) groups excluding carboxylic acids is 6. The van der Waals surface area contributed by atoms with Crippen LogP contribution in [0.5, 0.6) is 0 Å². The minimum absolute atomic E-state index is 0.0204. The van der Waals surface area contributed by atoms with Crippen molar-refractivity contribution in [2.24, 2.45) is 0 Å². The second kappa shape index (κ2) is 13.6. The van der Waals surface area contributed by atoms with Gasteiger partial charge in [0.05, 0.1) is 29.5 Å². The predicted molar refractivity (Wildman–Crippen MR) is 173 cm³/mol. The number of ketones is 4. The van der Waals surface area contributed by atoms with Crippen LogP contribution < -0.4 is 10.6 Å². The van der Waals surface area contributed by atoms with Gasteiger partial charge >= 0.3 is 6.18 Å². The Labute approximate surface area is 284 Å². The monoisotopic (exact) mass is 702 g/mol. The molecule has 10 nitrogen and oxygen atoms in total. The average molecular weight is 703 g/mol. The molecule has 0 aromatic heterocycles. The molecule has 0 unspecified atom stereocenters. The summed E-state index contributed by atoms with van der Waals surface area (Å²) >= 11 is 6.04. The highest BCUT2D eigenvalue weighted by atomic mass is 35.5. The summed E-state index contributed by atoms with van der Waals surface area (Å²) < 4.78 is 39.9. The first-order valence-electron chi connectivity index (χ1n) is 15.3. The van der Waals surface area contributed by atoms with E-state index in [0.29, 0.717) is 23.4 Å². The quantitative estimate of drug-likeness (QED) is 0.296. The summed E-state index contributed by atoms with van der Waals surface area (Å²) in [5.74, 6) is -5.04. The van der Waals surface area contributed by atoms with E-state index in [-0.39, 0.29) is 35.0 Å². The Bertz CT molecular complexity index is 1850. The highest BCUT2D eigenvalue weighted by Gasteiger charge is 2.51. The van der Waals surface area contributed by atoms with Crippen molar-refractivity contribution in [3.05, 3.63) is 80.4 Å². The summed E-state index contributed by atoms with van der Waals surface area (Å²) in [5.41, 5.74) is -3.88. The third kappa shape index (κ3) is 6.89. The highest BCUT2D eigenvalue weighted by molar-refractivity contribution is 6.32. The van der Waals surface area contributed by atoms with Crippen LogP contribution in [-0.4, -0.2) is 58.2 Å². The number of hydrogen-bond acceptors (Lipinski definition) is 8. The number of aliphatic hydroxyl groups excluding tert-OH is 2. The van der Waals surface area contributed by atoms with E-state index in [9.17, 15) is 52.2 Å². The molecule has 5 rings (SSSR count). The number of benzene rings is 2. The van der Waals surface area contributed by atoms with Crippen molar-refractivity contribution in [2.45, 2.75) is 70.4 Å². The van der Waals surface area contributed by atoms with Gasteiger partial charge < -0.3 is 20.8 Å². The Morgan fingerprint density at radius 2 is 1.35 bits per heavy atom. The average Bonchev–Trinajstić information content (AvgIpc) is 3.52. The minimum Gasteiger partial charge on any atom is -0.506 e. The molecule has 4 N–H and O–H groups in total. The molecule has 3 aliphatic carbocycles. The van der Waals surface area contributed by atoms with Crippen molar-refractivity contribution >= 4 is 58.1 Å². The van der Waals surface area contributed by atoms with E-state index in [4.69, 9.17) is 11.6 Å². The molecule has 0 bridgehead atoms. The molecular weight excluding hydrogens is 669 g/mol. The molecule has 2 aromatic carbocycles. The van der Waals surface area contributed by atoms with Gasteiger partial charge in [0, 0.05) is 16.1 Å². The van der Waals surface area contributed by atoms with Crippen molar-refractivity contribution in [1.29, 1.82) is 0 Å². The number of fused-ring (bicyclic) bond motifs is 3. The van der Waals surface area contributed by atoms with E-state index < -0.39 is 69.4 Å². The minimum atomic E-state index is -4.78. The molecule has 3 aliphatic rings. The molecule has 0 radical (unpaired) electrons. The Morgan fingerprint density at radius 1 is 0.816 bits per heavy atom. The highest BCUT2D eigenvalue weighted by Crippen LogP contribution is 2.50. The second-order valence-corrected chi connectivity index (χ2v) is 13.1. The maximum Gasteiger partial charge on any atom is 0.417 e. The maximum absolute atomic E-state index is 13.3. The summed E-state index contributed by atoms with van der Waals surface area (Å²) in [5, 5.41) is 25.8. The largest absolute Gasteiger partial charge is 0.506 e. The first-order chi connectivity index (χ1) is 22.8. The number of aliphatic hydroxyl groups is 2. The fraction of sp³-hybridized carbons (Fsp3) is 0.371. The molecule has 1 saturated carbocycles. The zero-order valence-corrected chi connectivity index (χ0v) is 27.8. The number of rotatable bonds is 6. The number of Topliss-reactive ketones (excluding diaryl/α,β-unsaturated/α-hetero) is 4. The summed E-state index contributed by atoms with van der Waals surface area (Å²) in [7, 11) is 0. The van der Waals surface area contributed by atoms with Gasteiger partial charge in [-0.05, 0) is 69.9 Å². The van der Waals surface area contributed by atoms with Crippen LogP contribution in [0.3, 0.4) is 0 Å². The Morgan fingerprint density at radius 3 is 1.86 bits per heavy atom. The van der Waals surface area contributed by atoms with Crippen LogP contribution in [0.2, 0.25) is 5.02 Å². The molecular formula is C35H34ClF3N2O8. The summed E-state index contributed by atoms with van der Waals surface area (Å²) in [6.45, 7) is 4.69. The van der Waals surface area contributed by atoms with Crippen LogP contribution in [0, 0.1) is 0 Å². The zero-order valence-electron chi connectivity index (χ0n) is 27.1. The van der Waals surface area contributed by atoms with Crippen molar-refractivity contribution in [3.63, 3.8) is 0 Å². The van der Waals surface area contributed by atoms with E-state index in [2.05, 4.69) is 10.6 Å². The van der Waals surface area contributed by atoms with E-state index in [0.717, 1.165) is 30.5 Å². The fourth-order valence-corrected chi connectivity index (χ4v) is 6.62. The van der Waals surface area contributed by atoms with Crippen LogP contribution in [0.1, 0.15) is 81.2 Å². The lowest BCUT2D eigenvalue weighted by Crippen LogP contribution is -2.43. The normalized spacial score (nSPS) is 17.6. The molecule has 2 aromatic rings. The lowest BCUT2D eigenvalue weighted by Gasteiger charge is -2.34. The lowest BCUT2D eigenvalue weighted by atomic mass is 9.67. The van der Waals surface area contributed by atoms with Crippen LogP contribution in [0.15, 0.2) is 47.5 Å². The number of hydrogen-bond donors (Lipinski definition) is 4. The molecule has 0 heterocycles. The Balaban J connectivity index is 0.000000221. The third-order valence-corrected chi connectivity index (χ3v) is 9.10. The van der Waals surface area contributed by atoms with E-state index in [1.807, 2.05) is 0 Å². The van der Waals surface area contributed by atoms with E-state index in [1.54, 1.807) is 18.2 Å². The molecule has 260 valence electrons. The van der Waals surface area contributed by atoms with Crippen LogP contribution in [0.25, 0.3) is 11.5 Å². The summed E-state index contributed by atoms with van der Waals surface area (Å²) in [6, 6.07) is 8.26. The van der Waals surface area contributed by atoms with Crippen LogP contribution in [0.4, 0.5) is 13.2 Å². The lowest BCUT2D eigenvalue weighted by molar-refractivity contribution is -0.138. The van der Waals surface area contributed by atoms with Crippen molar-refractivity contribution in [1.82, 2.24) is 10.6 Å². The topological polar surface area (TPSA) is 167 Å². The summed E-state index contributed by atoms with van der Waals surface area (Å²) in [4.78, 5) is 72.4. The molecule has 0 atom stereocenters. The van der Waals surface area contributed by atoms with Crippen LogP contribution in [-0.2, 0) is 45.8 Å². The number of carbonyl (C=O) groups is 6. The van der Waals surface area contributed by atoms with Gasteiger partial charge in [0.25, 0.3) is 11.8 Å². The fourth-order valence-electron chi connectivity index (χ4n) is 6.45. The third-order valence-electron chi connectivity index (χ3n) is 8.87. The second-order valence-electron chi connectivity index (χ2n) is 12.7. The van der Waals surface area contributed by atoms with E-state index in [1.165, 1.54) is 33.8 Å². The Kier molecular flexibility index (Phi) is 10.3. The first kappa shape index (κ1) is 37.0. The van der Waals surface area contributed by atoms with Gasteiger partial charge in [0.15, 0.2) is 11.6 Å². The van der Waals surface area contributed by atoms with Crippen molar-refractivity contribution in [3.8, 4) is 0 Å². The summed E-state index contributed by atoms with van der Waals surface area (Å²) in [6.07, 6.45) is -1.74. The Hall–Kier alpha value is -4.78. The maximum atomic E-state index is 13.3. The van der Waals surface area contributed by atoms with Gasteiger partial charge in [-0.1, -0.05) is 42.6 Å². The SMILES string of the molecule is CC(=O)CNC(=O)C1=C(O)c2c(C(F)(F)F)cccc2C(C)(C)C1=O.CC(=O)CNC(=O)C1=C(O)c2cc(Cl)ccc2C2(CCCC2)C1=O. The van der Waals surface area contributed by atoms with Gasteiger partial charge in [-0.3, -0.25) is 28.8 Å². The number of nitrogens with one attached hydrogen (secondary N) is 2. The van der Waals surface area contributed by atoms with Gasteiger partial charge in [0.1, 0.15) is 34.2 Å². The molecule has 1 fully saturated rings. The molecule has 1 spiro atoms. The van der Waals surface area contributed by atoms with Crippen molar-refractivity contribution in [2.75, 3.05) is 13.1 Å². The van der Waals surface area contributed by atoms with Gasteiger partial charge in [-0.2, -0.15) is 13.2 Å². The number of alkyl halides is 3. The van der Waals surface area contributed by atoms with Crippen molar-refractivity contribution < 1.29 is 52.2 Å². The number of amides is 2. The molecule has 14 heteroatoms. The van der Waals surface area contributed by atoms with Gasteiger partial charge in [-0.25, -0.2) is 0 Å². The predicted octanol–water partition coefficient (Wildman–Crippen LogP) is 5.25. The first-order valence-corrected chi connectivity index (χ1v) is 15.7. The van der Waals surface area contributed by atoms with Gasteiger partial charge in [0.2, 0.25) is 0 Å².